The van der Waals surface area contributed by atoms with Crippen molar-refractivity contribution in [3.63, 3.8) is 0 Å². The normalized spacial score (nSPS) is 11.6. The molecule has 0 heterocycles. The molecule has 158 valence electrons. The van der Waals surface area contributed by atoms with Crippen LogP contribution in [0.15, 0.2) is 53.4 Å². The Bertz CT molecular complexity index is 901. The number of hydrogen-bond donors (Lipinski definition) is 1. The standard InChI is InChI=1S/C21H27FN2O4S/c1-3-28-14-6-13-23-21(25)16-24(15-18-7-4-5-8-20(18)22)29(26,27)19-11-9-17(2)10-12-19/h4-5,7-12H,3,6,13-16H2,1-2H3,(H,23,25). The van der Waals surface area contributed by atoms with Gasteiger partial charge in [-0.05, 0) is 38.5 Å². The summed E-state index contributed by atoms with van der Waals surface area (Å²) in [6.45, 7) is 4.57. The first-order valence-electron chi connectivity index (χ1n) is 9.49. The third kappa shape index (κ3) is 6.92. The number of amides is 1. The third-order valence-corrected chi connectivity index (χ3v) is 6.08. The van der Waals surface area contributed by atoms with Gasteiger partial charge in [-0.1, -0.05) is 35.9 Å². The van der Waals surface area contributed by atoms with Gasteiger partial charge in [0, 0.05) is 31.9 Å². The van der Waals surface area contributed by atoms with Crippen molar-refractivity contribution in [1.82, 2.24) is 9.62 Å². The van der Waals surface area contributed by atoms with Gasteiger partial charge in [-0.15, -0.1) is 0 Å². The molecule has 0 saturated carbocycles. The summed E-state index contributed by atoms with van der Waals surface area (Å²) in [5.74, 6) is -0.970. The maximum absolute atomic E-state index is 14.1. The topological polar surface area (TPSA) is 75.7 Å². The summed E-state index contributed by atoms with van der Waals surface area (Å²) in [7, 11) is -3.99. The molecule has 0 aliphatic carbocycles. The lowest BCUT2D eigenvalue weighted by atomic mass is 10.2. The van der Waals surface area contributed by atoms with Crippen molar-refractivity contribution in [2.45, 2.75) is 31.7 Å². The van der Waals surface area contributed by atoms with Crippen LogP contribution >= 0.6 is 0 Å². The maximum Gasteiger partial charge on any atom is 0.243 e. The zero-order chi connectivity index (χ0) is 21.3. The molecule has 0 bridgehead atoms. The van der Waals surface area contributed by atoms with E-state index < -0.39 is 28.3 Å². The highest BCUT2D eigenvalue weighted by Gasteiger charge is 2.27. The van der Waals surface area contributed by atoms with E-state index in [0.717, 1.165) is 9.87 Å². The Morgan fingerprint density at radius 3 is 2.48 bits per heavy atom. The van der Waals surface area contributed by atoms with Gasteiger partial charge in [0.15, 0.2) is 0 Å². The lowest BCUT2D eigenvalue weighted by Gasteiger charge is -2.22. The molecule has 29 heavy (non-hydrogen) atoms. The van der Waals surface area contributed by atoms with Crippen molar-refractivity contribution >= 4 is 15.9 Å². The van der Waals surface area contributed by atoms with Gasteiger partial charge >= 0.3 is 0 Å². The molecule has 0 fully saturated rings. The largest absolute Gasteiger partial charge is 0.382 e. The maximum atomic E-state index is 14.1. The predicted octanol–water partition coefficient (Wildman–Crippen LogP) is 2.87. The zero-order valence-electron chi connectivity index (χ0n) is 16.7. The lowest BCUT2D eigenvalue weighted by Crippen LogP contribution is -2.40. The number of nitrogens with one attached hydrogen (secondary N) is 1. The minimum Gasteiger partial charge on any atom is -0.382 e. The molecular formula is C21H27FN2O4S. The molecule has 2 aromatic carbocycles. The van der Waals surface area contributed by atoms with E-state index in [2.05, 4.69) is 5.32 Å². The van der Waals surface area contributed by atoms with E-state index in [-0.39, 0.29) is 17.0 Å². The summed E-state index contributed by atoms with van der Waals surface area (Å²) in [4.78, 5) is 12.4. The van der Waals surface area contributed by atoms with Crippen molar-refractivity contribution < 1.29 is 22.3 Å². The molecule has 2 rings (SSSR count). The van der Waals surface area contributed by atoms with Crippen molar-refractivity contribution in [3.8, 4) is 0 Å². The molecule has 0 atom stereocenters. The molecule has 0 radical (unpaired) electrons. The summed E-state index contributed by atoms with van der Waals surface area (Å²) in [6.07, 6.45) is 0.623. The van der Waals surface area contributed by atoms with Crippen molar-refractivity contribution in [3.05, 3.63) is 65.5 Å². The minimum absolute atomic E-state index is 0.0589. The number of benzene rings is 2. The summed E-state index contributed by atoms with van der Waals surface area (Å²) >= 11 is 0. The Kier molecular flexibility index (Phi) is 8.75. The number of carbonyl (C=O) groups is 1. The van der Waals surface area contributed by atoms with Crippen LogP contribution in [-0.2, 0) is 26.1 Å². The Balaban J connectivity index is 2.18. The van der Waals surface area contributed by atoms with Gasteiger partial charge in [0.05, 0.1) is 11.4 Å². The SMILES string of the molecule is CCOCCCNC(=O)CN(Cc1ccccc1F)S(=O)(=O)c1ccc(C)cc1. The number of ether oxygens (including phenoxy) is 1. The second-order valence-corrected chi connectivity index (χ2v) is 8.52. The Hall–Kier alpha value is -2.29. The zero-order valence-corrected chi connectivity index (χ0v) is 17.5. The molecule has 1 N–H and O–H groups in total. The van der Waals surface area contributed by atoms with E-state index in [1.807, 2.05) is 13.8 Å². The van der Waals surface area contributed by atoms with E-state index in [0.29, 0.717) is 26.2 Å². The number of hydrogen-bond acceptors (Lipinski definition) is 4. The number of halogens is 1. The Labute approximate surface area is 171 Å². The summed E-state index contributed by atoms with van der Waals surface area (Å²) < 4.78 is 46.5. The predicted molar refractivity (Wildman–Crippen MR) is 109 cm³/mol. The fraction of sp³-hybridized carbons (Fsp3) is 0.381. The molecule has 0 aliphatic rings. The molecule has 0 saturated heterocycles. The highest BCUT2D eigenvalue weighted by Crippen LogP contribution is 2.20. The molecule has 2 aromatic rings. The van der Waals surface area contributed by atoms with E-state index in [9.17, 15) is 17.6 Å². The van der Waals surface area contributed by atoms with E-state index >= 15 is 0 Å². The van der Waals surface area contributed by atoms with Crippen LogP contribution in [0.25, 0.3) is 0 Å². The summed E-state index contributed by atoms with van der Waals surface area (Å²) in [6, 6.07) is 12.3. The van der Waals surface area contributed by atoms with Gasteiger partial charge in [-0.3, -0.25) is 4.79 Å². The second-order valence-electron chi connectivity index (χ2n) is 6.58. The molecule has 6 nitrogen and oxygen atoms in total. The highest BCUT2D eigenvalue weighted by molar-refractivity contribution is 7.89. The van der Waals surface area contributed by atoms with Crippen LogP contribution in [0.3, 0.4) is 0 Å². The first-order chi connectivity index (χ1) is 13.8. The van der Waals surface area contributed by atoms with E-state index in [4.69, 9.17) is 4.74 Å². The molecule has 0 spiro atoms. The summed E-state index contributed by atoms with van der Waals surface area (Å²) in [5.41, 5.74) is 1.11. The number of aryl methyl sites for hydroxylation is 1. The van der Waals surface area contributed by atoms with Gasteiger partial charge < -0.3 is 10.1 Å². The van der Waals surface area contributed by atoms with E-state index in [1.165, 1.54) is 30.3 Å². The number of rotatable bonds is 11. The third-order valence-electron chi connectivity index (χ3n) is 4.28. The van der Waals surface area contributed by atoms with Gasteiger partial charge in [-0.2, -0.15) is 4.31 Å². The van der Waals surface area contributed by atoms with Crippen LogP contribution in [0, 0.1) is 12.7 Å². The number of sulfonamides is 1. The lowest BCUT2D eigenvalue weighted by molar-refractivity contribution is -0.121. The fourth-order valence-corrected chi connectivity index (χ4v) is 4.04. The second kappa shape index (κ2) is 11.0. The van der Waals surface area contributed by atoms with Crippen LogP contribution < -0.4 is 5.32 Å². The molecule has 1 amide bonds. The van der Waals surface area contributed by atoms with Gasteiger partial charge in [0.2, 0.25) is 15.9 Å². The molecule has 0 aliphatic heterocycles. The van der Waals surface area contributed by atoms with Crippen molar-refractivity contribution in [2.24, 2.45) is 0 Å². The van der Waals surface area contributed by atoms with Crippen LogP contribution in [-0.4, -0.2) is 44.9 Å². The Morgan fingerprint density at radius 2 is 1.83 bits per heavy atom. The molecule has 0 aromatic heterocycles. The fourth-order valence-electron chi connectivity index (χ4n) is 2.66. The molecule has 0 unspecified atom stereocenters. The monoisotopic (exact) mass is 422 g/mol. The van der Waals surface area contributed by atoms with Crippen LogP contribution in [0.5, 0.6) is 0 Å². The molecular weight excluding hydrogens is 395 g/mol. The first kappa shape index (κ1) is 23.0. The van der Waals surface area contributed by atoms with E-state index in [1.54, 1.807) is 18.2 Å². The van der Waals surface area contributed by atoms with Crippen molar-refractivity contribution in [1.29, 1.82) is 0 Å². The Morgan fingerprint density at radius 1 is 1.14 bits per heavy atom. The smallest absolute Gasteiger partial charge is 0.243 e. The van der Waals surface area contributed by atoms with Crippen LogP contribution in [0.4, 0.5) is 4.39 Å². The average Bonchev–Trinajstić information content (AvgIpc) is 2.69. The van der Waals surface area contributed by atoms with Gasteiger partial charge in [0.25, 0.3) is 0 Å². The number of carbonyl (C=O) groups excluding carboxylic acids is 1. The van der Waals surface area contributed by atoms with Gasteiger partial charge in [-0.25, -0.2) is 12.8 Å². The van der Waals surface area contributed by atoms with Crippen LogP contribution in [0.1, 0.15) is 24.5 Å². The van der Waals surface area contributed by atoms with Crippen molar-refractivity contribution in [2.75, 3.05) is 26.3 Å². The van der Waals surface area contributed by atoms with Crippen LogP contribution in [0.2, 0.25) is 0 Å². The average molecular weight is 423 g/mol. The number of nitrogens with zero attached hydrogens (tertiary/aromatic N) is 1. The quantitative estimate of drug-likeness (QED) is 0.565. The van der Waals surface area contributed by atoms with Gasteiger partial charge in [0.1, 0.15) is 5.82 Å². The minimum atomic E-state index is -3.99. The molecule has 8 heteroatoms. The first-order valence-corrected chi connectivity index (χ1v) is 10.9. The highest BCUT2D eigenvalue weighted by atomic mass is 32.2. The summed E-state index contributed by atoms with van der Waals surface area (Å²) in [5, 5.41) is 2.69.